The summed E-state index contributed by atoms with van der Waals surface area (Å²) in [5.41, 5.74) is 4.22. The van der Waals surface area contributed by atoms with Crippen LogP contribution in [0.1, 0.15) is 53.0 Å². The highest BCUT2D eigenvalue weighted by molar-refractivity contribution is 5.92. The standard InChI is InChI=1S/C26H35N3O2/c1-20-7-3-4-9-23(20)18-28-14-12-22(13-15-28)17-29(19-24-10-6-16-31-24)26(30)25-11-5-8-21(2)27-25/h3-5,7-9,11,22,24H,6,10,12-19H2,1-2H3/t24-/m1/s1. The monoisotopic (exact) mass is 421 g/mol. The molecule has 166 valence electrons. The molecule has 1 aromatic carbocycles. The zero-order valence-corrected chi connectivity index (χ0v) is 18.9. The number of rotatable bonds is 7. The van der Waals surface area contributed by atoms with Crippen molar-refractivity contribution in [1.29, 1.82) is 0 Å². The van der Waals surface area contributed by atoms with Crippen LogP contribution in [-0.4, -0.2) is 59.6 Å². The van der Waals surface area contributed by atoms with Crippen molar-refractivity contribution in [1.82, 2.24) is 14.8 Å². The molecule has 4 rings (SSSR count). The molecule has 5 nitrogen and oxygen atoms in total. The van der Waals surface area contributed by atoms with Gasteiger partial charge in [-0.1, -0.05) is 30.3 Å². The number of amides is 1. The highest BCUT2D eigenvalue weighted by Gasteiger charge is 2.28. The molecular weight excluding hydrogens is 386 g/mol. The van der Waals surface area contributed by atoms with E-state index in [-0.39, 0.29) is 12.0 Å². The number of ether oxygens (including phenoxy) is 1. The molecule has 2 aromatic rings. The van der Waals surface area contributed by atoms with E-state index in [0.29, 0.717) is 18.2 Å². The fourth-order valence-electron chi connectivity index (χ4n) is 4.77. The Kier molecular flexibility index (Phi) is 7.36. The Balaban J connectivity index is 1.36. The molecule has 2 saturated heterocycles. The molecule has 0 saturated carbocycles. The Labute approximate surface area is 186 Å². The summed E-state index contributed by atoms with van der Waals surface area (Å²) in [7, 11) is 0. The van der Waals surface area contributed by atoms with Crippen molar-refractivity contribution in [3.05, 3.63) is 65.0 Å². The van der Waals surface area contributed by atoms with Gasteiger partial charge < -0.3 is 9.64 Å². The number of aryl methyl sites for hydroxylation is 2. The van der Waals surface area contributed by atoms with Gasteiger partial charge >= 0.3 is 0 Å². The number of aromatic nitrogens is 1. The second-order valence-electron chi connectivity index (χ2n) is 9.16. The molecule has 0 aliphatic carbocycles. The lowest BCUT2D eigenvalue weighted by atomic mass is 9.95. The normalized spacial score (nSPS) is 20.1. The molecule has 1 aromatic heterocycles. The second-order valence-corrected chi connectivity index (χ2v) is 9.16. The molecule has 0 bridgehead atoms. The summed E-state index contributed by atoms with van der Waals surface area (Å²) in [6.07, 6.45) is 4.55. The van der Waals surface area contributed by atoms with Crippen LogP contribution in [0.25, 0.3) is 0 Å². The molecule has 1 atom stereocenters. The third-order valence-electron chi connectivity index (χ3n) is 6.68. The van der Waals surface area contributed by atoms with Crippen LogP contribution >= 0.6 is 0 Å². The summed E-state index contributed by atoms with van der Waals surface area (Å²) < 4.78 is 5.85. The zero-order chi connectivity index (χ0) is 21.6. The summed E-state index contributed by atoms with van der Waals surface area (Å²) in [6, 6.07) is 14.4. The number of carbonyl (C=O) groups excluding carboxylic acids is 1. The van der Waals surface area contributed by atoms with Gasteiger partial charge in [-0.05, 0) is 81.8 Å². The first-order valence-electron chi connectivity index (χ1n) is 11.7. The van der Waals surface area contributed by atoms with Crippen LogP contribution in [0.5, 0.6) is 0 Å². The maximum Gasteiger partial charge on any atom is 0.272 e. The Morgan fingerprint density at radius 3 is 2.58 bits per heavy atom. The van der Waals surface area contributed by atoms with Crippen LogP contribution in [0.3, 0.4) is 0 Å². The van der Waals surface area contributed by atoms with Crippen LogP contribution in [0.2, 0.25) is 0 Å². The van der Waals surface area contributed by atoms with E-state index >= 15 is 0 Å². The predicted octanol–water partition coefficient (Wildman–Crippen LogP) is 4.23. The molecule has 1 amide bonds. The van der Waals surface area contributed by atoms with Crippen LogP contribution in [0.15, 0.2) is 42.5 Å². The minimum absolute atomic E-state index is 0.0431. The summed E-state index contributed by atoms with van der Waals surface area (Å²) in [5, 5.41) is 0. The molecule has 2 aliphatic rings. The smallest absolute Gasteiger partial charge is 0.272 e. The highest BCUT2D eigenvalue weighted by atomic mass is 16.5. The first kappa shape index (κ1) is 22.0. The third-order valence-corrected chi connectivity index (χ3v) is 6.68. The van der Waals surface area contributed by atoms with Gasteiger partial charge in [0.1, 0.15) is 5.69 Å². The summed E-state index contributed by atoms with van der Waals surface area (Å²) in [6.45, 7) is 9.61. The van der Waals surface area contributed by atoms with E-state index in [1.54, 1.807) is 0 Å². The van der Waals surface area contributed by atoms with Crippen molar-refractivity contribution in [3.63, 3.8) is 0 Å². The van der Waals surface area contributed by atoms with Crippen molar-refractivity contribution in [2.75, 3.05) is 32.8 Å². The van der Waals surface area contributed by atoms with E-state index in [2.05, 4.69) is 41.1 Å². The van der Waals surface area contributed by atoms with E-state index in [4.69, 9.17) is 4.74 Å². The first-order valence-corrected chi connectivity index (χ1v) is 11.7. The lowest BCUT2D eigenvalue weighted by Gasteiger charge is -2.35. The van der Waals surface area contributed by atoms with Crippen LogP contribution in [0.4, 0.5) is 0 Å². The van der Waals surface area contributed by atoms with Crippen molar-refractivity contribution in [3.8, 4) is 0 Å². The Morgan fingerprint density at radius 2 is 1.87 bits per heavy atom. The molecule has 2 fully saturated rings. The lowest BCUT2D eigenvalue weighted by Crippen LogP contribution is -2.43. The lowest BCUT2D eigenvalue weighted by molar-refractivity contribution is 0.0440. The van der Waals surface area contributed by atoms with Crippen LogP contribution in [0, 0.1) is 19.8 Å². The van der Waals surface area contributed by atoms with E-state index in [1.165, 1.54) is 11.1 Å². The van der Waals surface area contributed by atoms with Crippen LogP contribution < -0.4 is 0 Å². The third kappa shape index (κ3) is 5.92. The minimum Gasteiger partial charge on any atom is -0.376 e. The molecule has 5 heteroatoms. The minimum atomic E-state index is 0.0431. The number of nitrogens with zero attached hydrogens (tertiary/aromatic N) is 3. The van der Waals surface area contributed by atoms with Gasteiger partial charge in [0.15, 0.2) is 0 Å². The number of likely N-dealkylation sites (tertiary alicyclic amines) is 1. The zero-order valence-electron chi connectivity index (χ0n) is 18.9. The largest absolute Gasteiger partial charge is 0.376 e. The van der Waals surface area contributed by atoms with Gasteiger partial charge in [-0.25, -0.2) is 4.98 Å². The molecule has 0 unspecified atom stereocenters. The SMILES string of the molecule is Cc1cccc(C(=O)N(CC2CCN(Cc3ccccc3C)CC2)C[C@H]2CCCO2)n1. The summed E-state index contributed by atoms with van der Waals surface area (Å²) in [4.78, 5) is 22.3. The summed E-state index contributed by atoms with van der Waals surface area (Å²) >= 11 is 0. The van der Waals surface area contributed by atoms with Gasteiger partial charge in [-0.15, -0.1) is 0 Å². The van der Waals surface area contributed by atoms with Gasteiger partial charge in [0, 0.05) is 31.9 Å². The van der Waals surface area contributed by atoms with E-state index in [1.807, 2.05) is 30.0 Å². The van der Waals surface area contributed by atoms with E-state index in [9.17, 15) is 4.79 Å². The van der Waals surface area contributed by atoms with Gasteiger partial charge in [-0.2, -0.15) is 0 Å². The number of hydrogen-bond donors (Lipinski definition) is 0. The number of carbonyl (C=O) groups is 1. The molecule has 0 spiro atoms. The molecule has 31 heavy (non-hydrogen) atoms. The molecular formula is C26H35N3O2. The number of piperidine rings is 1. The van der Waals surface area contributed by atoms with Crippen LogP contribution in [-0.2, 0) is 11.3 Å². The highest BCUT2D eigenvalue weighted by Crippen LogP contribution is 2.23. The van der Waals surface area contributed by atoms with Gasteiger partial charge in [0.25, 0.3) is 5.91 Å². The van der Waals surface area contributed by atoms with Crippen molar-refractivity contribution in [2.24, 2.45) is 5.92 Å². The maximum absolute atomic E-state index is 13.3. The predicted molar refractivity (Wildman–Crippen MR) is 123 cm³/mol. The number of hydrogen-bond acceptors (Lipinski definition) is 4. The molecule has 3 heterocycles. The number of pyridine rings is 1. The van der Waals surface area contributed by atoms with Gasteiger partial charge in [0.05, 0.1) is 6.10 Å². The molecule has 0 radical (unpaired) electrons. The van der Waals surface area contributed by atoms with E-state index < -0.39 is 0 Å². The number of benzene rings is 1. The fraction of sp³-hybridized carbons (Fsp3) is 0.538. The second kappa shape index (κ2) is 10.4. The molecule has 0 N–H and O–H groups in total. The van der Waals surface area contributed by atoms with E-state index in [0.717, 1.165) is 64.2 Å². The molecule has 2 aliphatic heterocycles. The Bertz CT molecular complexity index is 870. The average molecular weight is 422 g/mol. The Morgan fingerprint density at radius 1 is 1.06 bits per heavy atom. The quantitative estimate of drug-likeness (QED) is 0.671. The first-order chi connectivity index (χ1) is 15.1. The maximum atomic E-state index is 13.3. The average Bonchev–Trinajstić information content (AvgIpc) is 3.29. The Hall–Kier alpha value is -2.24. The van der Waals surface area contributed by atoms with Gasteiger partial charge in [0.2, 0.25) is 0 Å². The summed E-state index contributed by atoms with van der Waals surface area (Å²) in [5.74, 6) is 0.574. The fourth-order valence-corrected chi connectivity index (χ4v) is 4.77. The van der Waals surface area contributed by atoms with Crippen molar-refractivity contribution in [2.45, 2.75) is 52.2 Å². The topological polar surface area (TPSA) is 45.7 Å². The van der Waals surface area contributed by atoms with Gasteiger partial charge in [-0.3, -0.25) is 9.69 Å². The van der Waals surface area contributed by atoms with Crippen molar-refractivity contribution >= 4 is 5.91 Å². The van der Waals surface area contributed by atoms with Crippen molar-refractivity contribution < 1.29 is 9.53 Å².